The van der Waals surface area contributed by atoms with Gasteiger partial charge in [0.25, 0.3) is 0 Å². The van der Waals surface area contributed by atoms with Crippen LogP contribution in [-0.2, 0) is 10.0 Å². The zero-order valence-electron chi connectivity index (χ0n) is 10.7. The first-order valence-corrected chi connectivity index (χ1v) is 7.92. The van der Waals surface area contributed by atoms with E-state index in [9.17, 15) is 13.7 Å². The second kappa shape index (κ2) is 5.68. The van der Waals surface area contributed by atoms with Gasteiger partial charge in [-0.2, -0.15) is 9.98 Å². The van der Waals surface area contributed by atoms with Crippen molar-refractivity contribution >= 4 is 10.0 Å². The van der Waals surface area contributed by atoms with Gasteiger partial charge in [-0.05, 0) is 25.0 Å². The van der Waals surface area contributed by atoms with Crippen LogP contribution < -0.4 is 4.72 Å². The second-order valence-electron chi connectivity index (χ2n) is 4.90. The number of rotatable bonds is 3. The van der Waals surface area contributed by atoms with Crippen LogP contribution in [-0.4, -0.2) is 18.9 Å². The smallest absolute Gasteiger partial charge is 0.243 e. The highest BCUT2D eigenvalue weighted by Crippen LogP contribution is 2.28. The highest BCUT2D eigenvalue weighted by Gasteiger charge is 2.35. The van der Waals surface area contributed by atoms with E-state index in [1.807, 2.05) is 0 Å². The maximum atomic E-state index is 12.3. The van der Waals surface area contributed by atoms with Gasteiger partial charge in [0.2, 0.25) is 10.0 Å². The van der Waals surface area contributed by atoms with Crippen LogP contribution in [0.4, 0.5) is 0 Å². The van der Waals surface area contributed by atoms with Crippen molar-refractivity contribution in [2.45, 2.75) is 49.0 Å². The fraction of sp³-hybridized carbons (Fsp3) is 0.538. The largest absolute Gasteiger partial charge is 0.263 e. The topological polar surface area (TPSA) is 82.9 Å². The Bertz CT molecular complexity index is 555. The molecule has 0 atom stereocenters. The molecule has 1 aliphatic carbocycles. The van der Waals surface area contributed by atoms with Crippen LogP contribution in [0.3, 0.4) is 0 Å². The molecule has 0 saturated heterocycles. The van der Waals surface area contributed by atoms with Gasteiger partial charge >= 0.3 is 0 Å². The molecule has 0 unspecified atom stereocenters. The van der Waals surface area contributed by atoms with Crippen molar-refractivity contribution in [3.8, 4) is 6.07 Å². The molecule has 0 spiro atoms. The molecule has 1 aromatic heterocycles. The fourth-order valence-electron chi connectivity index (χ4n) is 2.39. The van der Waals surface area contributed by atoms with E-state index in [4.69, 9.17) is 0 Å². The molecule has 102 valence electrons. The highest BCUT2D eigenvalue weighted by atomic mass is 32.2. The maximum Gasteiger partial charge on any atom is 0.243 e. The van der Waals surface area contributed by atoms with Crippen LogP contribution in [0.25, 0.3) is 0 Å². The van der Waals surface area contributed by atoms with Crippen molar-refractivity contribution < 1.29 is 8.42 Å². The van der Waals surface area contributed by atoms with Gasteiger partial charge < -0.3 is 0 Å². The van der Waals surface area contributed by atoms with E-state index in [1.165, 1.54) is 18.5 Å². The molecule has 0 aromatic carbocycles. The molecule has 1 heterocycles. The van der Waals surface area contributed by atoms with Gasteiger partial charge in [-0.25, -0.2) is 8.42 Å². The average molecular weight is 279 g/mol. The number of aromatic nitrogens is 1. The molecule has 1 aromatic rings. The summed E-state index contributed by atoms with van der Waals surface area (Å²) in [5.41, 5.74) is -0.967. The SMILES string of the molecule is N#CC1(NS(=O)(=O)c2cccnc2)CCCCCC1. The predicted octanol–water partition coefficient (Wildman–Crippen LogP) is 1.98. The zero-order chi connectivity index (χ0) is 13.8. The van der Waals surface area contributed by atoms with Crippen LogP contribution in [0.2, 0.25) is 0 Å². The Morgan fingerprint density at radius 1 is 1.26 bits per heavy atom. The Morgan fingerprint density at radius 2 is 1.95 bits per heavy atom. The molecule has 19 heavy (non-hydrogen) atoms. The summed E-state index contributed by atoms with van der Waals surface area (Å²) >= 11 is 0. The highest BCUT2D eigenvalue weighted by molar-refractivity contribution is 7.89. The van der Waals surface area contributed by atoms with E-state index in [2.05, 4.69) is 15.8 Å². The quantitative estimate of drug-likeness (QED) is 0.857. The molecule has 1 aliphatic rings. The molecule has 1 saturated carbocycles. The Hall–Kier alpha value is -1.45. The lowest BCUT2D eigenvalue weighted by Gasteiger charge is -2.25. The zero-order valence-corrected chi connectivity index (χ0v) is 11.5. The molecule has 0 amide bonds. The third-order valence-electron chi connectivity index (χ3n) is 3.45. The van der Waals surface area contributed by atoms with Gasteiger partial charge in [0.1, 0.15) is 10.4 Å². The number of sulfonamides is 1. The second-order valence-corrected chi connectivity index (χ2v) is 6.58. The summed E-state index contributed by atoms with van der Waals surface area (Å²) in [6.07, 6.45) is 7.82. The van der Waals surface area contributed by atoms with E-state index >= 15 is 0 Å². The minimum atomic E-state index is -3.68. The standard InChI is InChI=1S/C13H17N3O2S/c14-11-13(7-3-1-2-4-8-13)16-19(17,18)12-6-5-9-15-10-12/h5-6,9-10,16H,1-4,7-8H2. The molecule has 0 radical (unpaired) electrons. The minimum absolute atomic E-state index is 0.105. The van der Waals surface area contributed by atoms with Crippen molar-refractivity contribution in [1.82, 2.24) is 9.71 Å². The Morgan fingerprint density at radius 3 is 2.47 bits per heavy atom. The molecule has 0 bridgehead atoms. The summed E-state index contributed by atoms with van der Waals surface area (Å²) in [7, 11) is -3.68. The predicted molar refractivity (Wildman–Crippen MR) is 70.6 cm³/mol. The van der Waals surface area contributed by atoms with E-state index < -0.39 is 15.6 Å². The molecule has 0 aliphatic heterocycles. The van der Waals surface area contributed by atoms with Crippen LogP contribution in [0.15, 0.2) is 29.4 Å². The van der Waals surface area contributed by atoms with Crippen molar-refractivity contribution in [3.63, 3.8) is 0 Å². The van der Waals surface area contributed by atoms with Gasteiger partial charge in [-0.1, -0.05) is 25.7 Å². The van der Waals surface area contributed by atoms with Gasteiger partial charge in [-0.15, -0.1) is 0 Å². The van der Waals surface area contributed by atoms with E-state index in [0.29, 0.717) is 12.8 Å². The van der Waals surface area contributed by atoms with Crippen LogP contribution in [0.5, 0.6) is 0 Å². The van der Waals surface area contributed by atoms with E-state index in [0.717, 1.165) is 25.7 Å². The summed E-state index contributed by atoms with van der Waals surface area (Å²) in [6, 6.07) is 5.23. The van der Waals surface area contributed by atoms with Crippen molar-refractivity contribution in [2.24, 2.45) is 0 Å². The number of hydrogen-bond donors (Lipinski definition) is 1. The lowest BCUT2D eigenvalue weighted by Crippen LogP contribution is -2.46. The number of hydrogen-bond acceptors (Lipinski definition) is 4. The molecule has 6 heteroatoms. The summed E-state index contributed by atoms with van der Waals surface area (Å²) in [6.45, 7) is 0. The average Bonchev–Trinajstić information content (AvgIpc) is 2.65. The first-order valence-electron chi connectivity index (χ1n) is 6.43. The summed E-state index contributed by atoms with van der Waals surface area (Å²) in [4.78, 5) is 3.91. The number of nitriles is 1. The molecule has 1 fully saturated rings. The normalized spacial score (nSPS) is 19.3. The summed E-state index contributed by atoms with van der Waals surface area (Å²) in [5, 5.41) is 9.38. The molecule has 2 rings (SSSR count). The van der Waals surface area contributed by atoms with Crippen LogP contribution >= 0.6 is 0 Å². The van der Waals surface area contributed by atoms with E-state index in [-0.39, 0.29) is 4.90 Å². The number of pyridine rings is 1. The first-order chi connectivity index (χ1) is 9.08. The molecule has 1 N–H and O–H groups in total. The Kier molecular flexibility index (Phi) is 4.17. The van der Waals surface area contributed by atoms with Gasteiger partial charge in [0, 0.05) is 12.4 Å². The Labute approximate surface area is 113 Å². The summed E-state index contributed by atoms with van der Waals surface area (Å²) < 4.78 is 27.1. The number of nitrogens with zero attached hydrogens (tertiary/aromatic N) is 2. The van der Waals surface area contributed by atoms with Gasteiger partial charge in [0.05, 0.1) is 6.07 Å². The van der Waals surface area contributed by atoms with Crippen molar-refractivity contribution in [2.75, 3.05) is 0 Å². The lowest BCUT2D eigenvalue weighted by molar-refractivity contribution is 0.422. The Balaban J connectivity index is 2.25. The monoisotopic (exact) mass is 279 g/mol. The maximum absolute atomic E-state index is 12.3. The van der Waals surface area contributed by atoms with Crippen LogP contribution in [0.1, 0.15) is 38.5 Å². The summed E-state index contributed by atoms with van der Waals surface area (Å²) in [5.74, 6) is 0. The van der Waals surface area contributed by atoms with E-state index in [1.54, 1.807) is 6.07 Å². The van der Waals surface area contributed by atoms with Gasteiger partial charge in [0.15, 0.2) is 0 Å². The fourth-order valence-corrected chi connectivity index (χ4v) is 3.73. The van der Waals surface area contributed by atoms with Gasteiger partial charge in [-0.3, -0.25) is 4.98 Å². The van der Waals surface area contributed by atoms with Crippen molar-refractivity contribution in [1.29, 1.82) is 5.26 Å². The van der Waals surface area contributed by atoms with Crippen molar-refractivity contribution in [3.05, 3.63) is 24.5 Å². The van der Waals surface area contributed by atoms with Crippen LogP contribution in [0, 0.1) is 11.3 Å². The minimum Gasteiger partial charge on any atom is -0.263 e. The molecular weight excluding hydrogens is 262 g/mol. The third kappa shape index (κ3) is 3.31. The lowest BCUT2D eigenvalue weighted by atomic mass is 9.94. The molecule has 5 nitrogen and oxygen atoms in total. The first kappa shape index (κ1) is 14.0. The molecular formula is C13H17N3O2S. The number of nitrogens with one attached hydrogen (secondary N) is 1. The third-order valence-corrected chi connectivity index (χ3v) is 4.97.